The minimum Gasteiger partial charge on any atom is -0.341 e. The minimum absolute atomic E-state index is 0.00773. The molecule has 6 heteroatoms. The molecule has 0 unspecified atom stereocenters. The quantitative estimate of drug-likeness (QED) is 0.938. The number of carbonyl (C=O) groups is 1. The predicted octanol–water partition coefficient (Wildman–Crippen LogP) is 3.29. The zero-order chi connectivity index (χ0) is 16.2. The molecule has 120 valence electrons. The van der Waals surface area contributed by atoms with Crippen LogP contribution in [-0.2, 0) is 4.79 Å². The third-order valence-electron chi connectivity index (χ3n) is 4.16. The maximum atomic E-state index is 12.5. The van der Waals surface area contributed by atoms with Gasteiger partial charge in [0, 0.05) is 42.1 Å². The van der Waals surface area contributed by atoms with Crippen molar-refractivity contribution in [2.75, 3.05) is 23.3 Å². The second-order valence-electron chi connectivity index (χ2n) is 5.76. The van der Waals surface area contributed by atoms with Crippen LogP contribution in [0.1, 0.15) is 18.4 Å². The highest BCUT2D eigenvalue weighted by Gasteiger charge is 2.26. The van der Waals surface area contributed by atoms with Gasteiger partial charge in [0.25, 0.3) is 0 Å². The van der Waals surface area contributed by atoms with Crippen molar-refractivity contribution in [3.63, 3.8) is 0 Å². The van der Waals surface area contributed by atoms with E-state index in [-0.39, 0.29) is 11.8 Å². The topological polar surface area (TPSA) is 58.1 Å². The summed E-state index contributed by atoms with van der Waals surface area (Å²) < 4.78 is 0. The summed E-state index contributed by atoms with van der Waals surface area (Å²) in [5.74, 6) is 0.800. The van der Waals surface area contributed by atoms with Gasteiger partial charge in [0.1, 0.15) is 0 Å². The minimum atomic E-state index is 0.00773. The number of aromatic nitrogens is 2. The number of hydrogen-bond acceptors (Lipinski definition) is 4. The number of nitrogens with zero attached hydrogens (tertiary/aromatic N) is 3. The number of piperidine rings is 1. The molecule has 2 heterocycles. The first-order valence-electron chi connectivity index (χ1n) is 7.72. The lowest BCUT2D eigenvalue weighted by Gasteiger charge is -2.31. The van der Waals surface area contributed by atoms with Gasteiger partial charge in [0.05, 0.1) is 0 Å². The van der Waals surface area contributed by atoms with Gasteiger partial charge in [-0.1, -0.05) is 17.7 Å². The van der Waals surface area contributed by atoms with E-state index in [1.165, 1.54) is 0 Å². The van der Waals surface area contributed by atoms with Gasteiger partial charge in [0.15, 0.2) is 0 Å². The van der Waals surface area contributed by atoms with Crippen LogP contribution in [0.5, 0.6) is 0 Å². The zero-order valence-corrected chi connectivity index (χ0v) is 13.8. The highest BCUT2D eigenvalue weighted by atomic mass is 35.5. The van der Waals surface area contributed by atoms with Crippen molar-refractivity contribution in [1.82, 2.24) is 9.97 Å². The SMILES string of the molecule is Cc1ccc(Cl)cc1NC(=O)C1CCN(c2ncccn2)CC1. The Labute approximate surface area is 140 Å². The van der Waals surface area contributed by atoms with E-state index < -0.39 is 0 Å². The van der Waals surface area contributed by atoms with E-state index in [9.17, 15) is 4.79 Å². The van der Waals surface area contributed by atoms with Gasteiger partial charge in [-0.25, -0.2) is 9.97 Å². The standard InChI is InChI=1S/C17H19ClN4O/c1-12-3-4-14(18)11-15(12)21-16(23)13-5-9-22(10-6-13)17-19-7-2-8-20-17/h2-4,7-8,11,13H,5-6,9-10H2,1H3,(H,21,23). The molecule has 1 aromatic heterocycles. The van der Waals surface area contributed by atoms with Crippen LogP contribution in [0.3, 0.4) is 0 Å². The lowest BCUT2D eigenvalue weighted by molar-refractivity contribution is -0.120. The summed E-state index contributed by atoms with van der Waals surface area (Å²) in [7, 11) is 0. The van der Waals surface area contributed by atoms with Crippen LogP contribution in [0.2, 0.25) is 5.02 Å². The summed E-state index contributed by atoms with van der Waals surface area (Å²) in [6.07, 6.45) is 5.07. The largest absolute Gasteiger partial charge is 0.341 e. The number of aryl methyl sites for hydroxylation is 1. The fourth-order valence-electron chi connectivity index (χ4n) is 2.76. The van der Waals surface area contributed by atoms with Gasteiger partial charge < -0.3 is 10.2 Å². The fraction of sp³-hybridized carbons (Fsp3) is 0.353. The summed E-state index contributed by atoms with van der Waals surface area (Å²) in [5.41, 5.74) is 1.80. The van der Waals surface area contributed by atoms with E-state index in [1.807, 2.05) is 19.1 Å². The Balaban J connectivity index is 1.59. The van der Waals surface area contributed by atoms with Crippen LogP contribution in [-0.4, -0.2) is 29.0 Å². The van der Waals surface area contributed by atoms with E-state index in [2.05, 4.69) is 20.2 Å². The lowest BCUT2D eigenvalue weighted by atomic mass is 9.96. The van der Waals surface area contributed by atoms with E-state index in [1.54, 1.807) is 24.5 Å². The first-order chi connectivity index (χ1) is 11.1. The van der Waals surface area contributed by atoms with Gasteiger partial charge in [-0.3, -0.25) is 4.79 Å². The summed E-state index contributed by atoms with van der Waals surface area (Å²) in [6.45, 7) is 3.54. The molecule has 3 rings (SSSR count). The highest BCUT2D eigenvalue weighted by molar-refractivity contribution is 6.31. The van der Waals surface area contributed by atoms with Gasteiger partial charge in [-0.05, 0) is 43.5 Å². The van der Waals surface area contributed by atoms with Crippen LogP contribution in [0.4, 0.5) is 11.6 Å². The summed E-state index contributed by atoms with van der Waals surface area (Å²) in [6, 6.07) is 7.33. The molecule has 23 heavy (non-hydrogen) atoms. The zero-order valence-electron chi connectivity index (χ0n) is 13.0. The number of amides is 1. The van der Waals surface area contributed by atoms with E-state index in [4.69, 9.17) is 11.6 Å². The molecule has 1 fully saturated rings. The molecule has 1 N–H and O–H groups in total. The second-order valence-corrected chi connectivity index (χ2v) is 6.20. The first kappa shape index (κ1) is 15.7. The molecule has 1 aliphatic heterocycles. The highest BCUT2D eigenvalue weighted by Crippen LogP contribution is 2.24. The third kappa shape index (κ3) is 3.79. The van der Waals surface area contributed by atoms with E-state index in [0.29, 0.717) is 5.02 Å². The van der Waals surface area contributed by atoms with Crippen molar-refractivity contribution in [1.29, 1.82) is 0 Å². The summed E-state index contributed by atoms with van der Waals surface area (Å²) >= 11 is 6.00. The number of halogens is 1. The summed E-state index contributed by atoms with van der Waals surface area (Å²) in [4.78, 5) is 23.1. The van der Waals surface area contributed by atoms with Crippen molar-refractivity contribution >= 4 is 29.1 Å². The molecule has 0 radical (unpaired) electrons. The van der Waals surface area contributed by atoms with Crippen molar-refractivity contribution in [3.05, 3.63) is 47.2 Å². The van der Waals surface area contributed by atoms with E-state index in [0.717, 1.165) is 43.1 Å². The second kappa shape index (κ2) is 6.96. The molecule has 2 aromatic rings. The van der Waals surface area contributed by atoms with Gasteiger partial charge >= 0.3 is 0 Å². The average molecular weight is 331 g/mol. The predicted molar refractivity (Wildman–Crippen MR) is 91.8 cm³/mol. The maximum Gasteiger partial charge on any atom is 0.227 e. The number of carbonyl (C=O) groups excluding carboxylic acids is 1. The number of benzene rings is 1. The Kier molecular flexibility index (Phi) is 4.76. The maximum absolute atomic E-state index is 12.5. The number of rotatable bonds is 3. The fourth-order valence-corrected chi connectivity index (χ4v) is 2.93. The van der Waals surface area contributed by atoms with Crippen molar-refractivity contribution in [2.45, 2.75) is 19.8 Å². The third-order valence-corrected chi connectivity index (χ3v) is 4.39. The molecule has 0 aliphatic carbocycles. The first-order valence-corrected chi connectivity index (χ1v) is 8.10. The molecule has 1 aromatic carbocycles. The van der Waals surface area contributed by atoms with Crippen molar-refractivity contribution < 1.29 is 4.79 Å². The van der Waals surface area contributed by atoms with Crippen molar-refractivity contribution in [3.8, 4) is 0 Å². The molecule has 0 spiro atoms. The Morgan fingerprint density at radius 2 is 1.96 bits per heavy atom. The van der Waals surface area contributed by atoms with Gasteiger partial charge in [-0.15, -0.1) is 0 Å². The monoisotopic (exact) mass is 330 g/mol. The molecule has 1 amide bonds. The number of hydrogen-bond donors (Lipinski definition) is 1. The average Bonchev–Trinajstić information content (AvgIpc) is 2.59. The van der Waals surface area contributed by atoms with Gasteiger partial charge in [-0.2, -0.15) is 0 Å². The molecule has 0 atom stereocenters. The molecular weight excluding hydrogens is 312 g/mol. The van der Waals surface area contributed by atoms with Crippen LogP contribution in [0.15, 0.2) is 36.7 Å². The molecule has 0 saturated carbocycles. The Morgan fingerprint density at radius 1 is 1.26 bits per heavy atom. The molecule has 0 bridgehead atoms. The van der Waals surface area contributed by atoms with Crippen molar-refractivity contribution in [2.24, 2.45) is 5.92 Å². The molecular formula is C17H19ClN4O. The smallest absolute Gasteiger partial charge is 0.227 e. The molecule has 5 nitrogen and oxygen atoms in total. The summed E-state index contributed by atoms with van der Waals surface area (Å²) in [5, 5.41) is 3.63. The normalized spacial score (nSPS) is 15.5. The van der Waals surface area contributed by atoms with Crippen LogP contribution in [0.25, 0.3) is 0 Å². The van der Waals surface area contributed by atoms with Crippen LogP contribution in [0, 0.1) is 12.8 Å². The van der Waals surface area contributed by atoms with E-state index >= 15 is 0 Å². The Morgan fingerprint density at radius 3 is 2.65 bits per heavy atom. The van der Waals surface area contributed by atoms with Crippen LogP contribution >= 0.6 is 11.6 Å². The number of anilines is 2. The Hall–Kier alpha value is -2.14. The Bertz CT molecular complexity index is 684. The van der Waals surface area contributed by atoms with Crippen LogP contribution < -0.4 is 10.2 Å². The van der Waals surface area contributed by atoms with Gasteiger partial charge in [0.2, 0.25) is 11.9 Å². The lowest BCUT2D eigenvalue weighted by Crippen LogP contribution is -2.39. The number of nitrogens with one attached hydrogen (secondary N) is 1. The molecule has 1 aliphatic rings. The molecule has 1 saturated heterocycles.